The number of methoxy groups -OCH3 is 1. The number of hydrogen-bond donors (Lipinski definition) is 2. The quantitative estimate of drug-likeness (QED) is 0.380. The third kappa shape index (κ3) is 8.19. The number of hydrogen-bond acceptors (Lipinski definition) is 3. The average Bonchev–Trinajstić information content (AvgIpc) is 2.67. The predicted molar refractivity (Wildman–Crippen MR) is 107 cm³/mol. The maximum atomic E-state index is 5.98. The first-order valence-electron chi connectivity index (χ1n) is 10.0. The number of benzene rings is 1. The molecule has 1 aromatic rings. The highest BCUT2D eigenvalue weighted by Gasteiger charge is 2.12. The summed E-state index contributed by atoms with van der Waals surface area (Å²) >= 11 is 0. The SMILES string of the molecule is CCNC(=NCc1cccc(COC)c1)NCCCOC1CCCCC1. The summed E-state index contributed by atoms with van der Waals surface area (Å²) in [5.41, 5.74) is 2.37. The normalized spacial score (nSPS) is 15.8. The molecule has 26 heavy (non-hydrogen) atoms. The first-order valence-corrected chi connectivity index (χ1v) is 10.0. The Labute approximate surface area is 158 Å². The third-order valence-corrected chi connectivity index (χ3v) is 4.59. The van der Waals surface area contributed by atoms with Gasteiger partial charge in [-0.3, -0.25) is 0 Å². The Morgan fingerprint density at radius 2 is 1.96 bits per heavy atom. The van der Waals surface area contributed by atoms with Crippen LogP contribution in [0.2, 0.25) is 0 Å². The van der Waals surface area contributed by atoms with Gasteiger partial charge in [0.05, 0.1) is 19.3 Å². The molecule has 0 aliphatic heterocycles. The Morgan fingerprint density at radius 1 is 1.15 bits per heavy atom. The lowest BCUT2D eigenvalue weighted by Gasteiger charge is -2.22. The van der Waals surface area contributed by atoms with Crippen molar-refractivity contribution < 1.29 is 9.47 Å². The minimum atomic E-state index is 0.491. The Balaban J connectivity index is 1.71. The van der Waals surface area contributed by atoms with Gasteiger partial charge in [0.2, 0.25) is 0 Å². The van der Waals surface area contributed by atoms with E-state index in [0.717, 1.165) is 32.1 Å². The lowest BCUT2D eigenvalue weighted by molar-refractivity contribution is 0.0277. The number of aliphatic imine (C=N–C) groups is 1. The highest BCUT2D eigenvalue weighted by Crippen LogP contribution is 2.20. The number of rotatable bonds is 10. The zero-order valence-electron chi connectivity index (χ0n) is 16.4. The Bertz CT molecular complexity index is 528. The molecule has 0 unspecified atom stereocenters. The molecule has 1 aliphatic carbocycles. The molecule has 0 amide bonds. The number of guanidine groups is 1. The van der Waals surface area contributed by atoms with Crippen LogP contribution in [0.1, 0.15) is 56.6 Å². The van der Waals surface area contributed by atoms with Gasteiger partial charge in [-0.15, -0.1) is 0 Å². The van der Waals surface area contributed by atoms with Gasteiger partial charge in [-0.05, 0) is 37.3 Å². The van der Waals surface area contributed by atoms with Gasteiger partial charge in [-0.1, -0.05) is 43.5 Å². The third-order valence-electron chi connectivity index (χ3n) is 4.59. The summed E-state index contributed by atoms with van der Waals surface area (Å²) in [7, 11) is 1.72. The number of nitrogens with one attached hydrogen (secondary N) is 2. The van der Waals surface area contributed by atoms with Gasteiger partial charge >= 0.3 is 0 Å². The van der Waals surface area contributed by atoms with Crippen LogP contribution in [0, 0.1) is 0 Å². The van der Waals surface area contributed by atoms with Crippen molar-refractivity contribution >= 4 is 5.96 Å². The molecule has 2 N–H and O–H groups in total. The highest BCUT2D eigenvalue weighted by atomic mass is 16.5. The maximum absolute atomic E-state index is 5.98. The summed E-state index contributed by atoms with van der Waals surface area (Å²) < 4.78 is 11.2. The van der Waals surface area contributed by atoms with Crippen LogP contribution in [0.4, 0.5) is 0 Å². The van der Waals surface area contributed by atoms with Gasteiger partial charge in [-0.2, -0.15) is 0 Å². The van der Waals surface area contributed by atoms with Gasteiger partial charge in [0, 0.05) is 26.8 Å². The molecular formula is C21H35N3O2. The van der Waals surface area contributed by atoms with E-state index in [9.17, 15) is 0 Å². The lowest BCUT2D eigenvalue weighted by atomic mass is 9.98. The minimum absolute atomic E-state index is 0.491. The zero-order valence-corrected chi connectivity index (χ0v) is 16.4. The van der Waals surface area contributed by atoms with E-state index in [1.807, 2.05) is 0 Å². The lowest BCUT2D eigenvalue weighted by Crippen LogP contribution is -2.38. The molecular weight excluding hydrogens is 326 g/mol. The molecule has 5 nitrogen and oxygen atoms in total. The summed E-state index contributed by atoms with van der Waals surface area (Å²) in [4.78, 5) is 4.69. The van der Waals surface area contributed by atoms with Crippen LogP contribution in [0.3, 0.4) is 0 Å². The van der Waals surface area contributed by atoms with E-state index in [-0.39, 0.29) is 0 Å². The second-order valence-corrected chi connectivity index (χ2v) is 6.86. The van der Waals surface area contributed by atoms with Crippen LogP contribution in [0.25, 0.3) is 0 Å². The van der Waals surface area contributed by atoms with Gasteiger partial charge in [0.1, 0.15) is 0 Å². The smallest absolute Gasteiger partial charge is 0.191 e. The van der Waals surface area contributed by atoms with Crippen LogP contribution in [-0.4, -0.2) is 38.9 Å². The van der Waals surface area contributed by atoms with Crippen molar-refractivity contribution in [2.24, 2.45) is 4.99 Å². The number of ether oxygens (including phenoxy) is 2. The molecule has 146 valence electrons. The monoisotopic (exact) mass is 361 g/mol. The van der Waals surface area contributed by atoms with Crippen LogP contribution < -0.4 is 10.6 Å². The van der Waals surface area contributed by atoms with Crippen LogP contribution in [-0.2, 0) is 22.6 Å². The van der Waals surface area contributed by atoms with Crippen molar-refractivity contribution in [2.75, 3.05) is 26.8 Å². The highest BCUT2D eigenvalue weighted by molar-refractivity contribution is 5.79. The van der Waals surface area contributed by atoms with E-state index in [4.69, 9.17) is 9.47 Å². The van der Waals surface area contributed by atoms with Crippen LogP contribution >= 0.6 is 0 Å². The molecule has 1 saturated carbocycles. The molecule has 0 spiro atoms. The summed E-state index contributed by atoms with van der Waals surface area (Å²) in [5, 5.41) is 6.71. The van der Waals surface area contributed by atoms with Gasteiger partial charge < -0.3 is 20.1 Å². The fraction of sp³-hybridized carbons (Fsp3) is 0.667. The summed E-state index contributed by atoms with van der Waals surface area (Å²) in [6.45, 7) is 5.94. The van der Waals surface area contributed by atoms with Crippen molar-refractivity contribution in [1.82, 2.24) is 10.6 Å². The summed E-state index contributed by atoms with van der Waals surface area (Å²) in [6.07, 6.45) is 7.99. The Kier molecular flexibility index (Phi) is 10.1. The first-order chi connectivity index (χ1) is 12.8. The molecule has 1 fully saturated rings. The van der Waals surface area contributed by atoms with E-state index in [1.165, 1.54) is 43.2 Å². The Hall–Kier alpha value is -1.59. The maximum Gasteiger partial charge on any atom is 0.191 e. The molecule has 1 aliphatic rings. The van der Waals surface area contributed by atoms with E-state index in [2.05, 4.69) is 46.8 Å². The molecule has 0 atom stereocenters. The Morgan fingerprint density at radius 3 is 2.73 bits per heavy atom. The first kappa shape index (κ1) is 20.7. The average molecular weight is 362 g/mol. The van der Waals surface area contributed by atoms with Gasteiger partial charge in [-0.25, -0.2) is 4.99 Å². The van der Waals surface area contributed by atoms with Crippen LogP contribution in [0.5, 0.6) is 0 Å². The second kappa shape index (κ2) is 12.7. The molecule has 5 heteroatoms. The van der Waals surface area contributed by atoms with E-state index in [1.54, 1.807) is 7.11 Å². The van der Waals surface area contributed by atoms with Gasteiger partial charge in [0.25, 0.3) is 0 Å². The fourth-order valence-electron chi connectivity index (χ4n) is 3.26. The molecule has 0 aromatic heterocycles. The number of nitrogens with zero attached hydrogens (tertiary/aromatic N) is 1. The van der Waals surface area contributed by atoms with E-state index in [0.29, 0.717) is 19.3 Å². The molecule has 1 aromatic carbocycles. The van der Waals surface area contributed by atoms with Crippen molar-refractivity contribution in [3.63, 3.8) is 0 Å². The van der Waals surface area contributed by atoms with E-state index < -0.39 is 0 Å². The van der Waals surface area contributed by atoms with Gasteiger partial charge in [0.15, 0.2) is 5.96 Å². The molecule has 0 radical (unpaired) electrons. The van der Waals surface area contributed by atoms with Crippen molar-refractivity contribution in [3.8, 4) is 0 Å². The van der Waals surface area contributed by atoms with Crippen molar-refractivity contribution in [1.29, 1.82) is 0 Å². The predicted octanol–water partition coefficient (Wildman–Crippen LogP) is 3.63. The molecule has 0 heterocycles. The standard InChI is InChI=1S/C21H35N3O2/c1-3-22-21(23-13-8-14-26-20-11-5-4-6-12-20)24-16-18-9-7-10-19(15-18)17-25-2/h7,9-10,15,20H,3-6,8,11-14,16-17H2,1-2H3,(H2,22,23,24). The summed E-state index contributed by atoms with van der Waals surface area (Å²) in [5.74, 6) is 0.863. The molecule has 2 rings (SSSR count). The second-order valence-electron chi connectivity index (χ2n) is 6.86. The molecule has 0 bridgehead atoms. The van der Waals surface area contributed by atoms with Crippen molar-refractivity contribution in [3.05, 3.63) is 35.4 Å². The topological polar surface area (TPSA) is 54.9 Å². The van der Waals surface area contributed by atoms with Crippen LogP contribution in [0.15, 0.2) is 29.3 Å². The zero-order chi connectivity index (χ0) is 18.5. The fourth-order valence-corrected chi connectivity index (χ4v) is 3.26. The minimum Gasteiger partial charge on any atom is -0.380 e. The van der Waals surface area contributed by atoms with E-state index >= 15 is 0 Å². The molecule has 0 saturated heterocycles. The largest absolute Gasteiger partial charge is 0.380 e. The van der Waals surface area contributed by atoms with Crippen molar-refractivity contribution in [2.45, 2.75) is 64.7 Å². The summed E-state index contributed by atoms with van der Waals surface area (Å²) in [6, 6.07) is 8.38.